The smallest absolute Gasteiger partial charge is 0.274 e. The number of halogens is 1. The molecule has 0 aliphatic carbocycles. The van der Waals surface area contributed by atoms with Gasteiger partial charge in [0, 0.05) is 18.7 Å². The fourth-order valence-electron chi connectivity index (χ4n) is 0.617. The quantitative estimate of drug-likeness (QED) is 0.665. The summed E-state index contributed by atoms with van der Waals surface area (Å²) in [4.78, 5) is 21.4. The minimum Gasteiger partial charge on any atom is -0.364 e. The molecule has 0 spiro atoms. The van der Waals surface area contributed by atoms with E-state index in [1.807, 2.05) is 0 Å². The Morgan fingerprint density at radius 1 is 1.54 bits per heavy atom. The Bertz CT molecular complexity index is 349. The SMILES string of the molecule is CC(=O)N(Cl)c1nonc1C(N)=O. The van der Waals surface area contributed by atoms with E-state index in [-0.39, 0.29) is 11.5 Å². The van der Waals surface area contributed by atoms with Crippen LogP contribution < -0.4 is 10.2 Å². The molecule has 0 bridgehead atoms. The van der Waals surface area contributed by atoms with Gasteiger partial charge in [-0.25, -0.2) is 4.63 Å². The summed E-state index contributed by atoms with van der Waals surface area (Å²) in [6.07, 6.45) is 0. The van der Waals surface area contributed by atoms with E-state index in [0.29, 0.717) is 4.42 Å². The van der Waals surface area contributed by atoms with Crippen LogP contribution in [0.2, 0.25) is 0 Å². The molecule has 0 fully saturated rings. The average Bonchev–Trinajstić information content (AvgIpc) is 2.50. The number of anilines is 1. The van der Waals surface area contributed by atoms with Gasteiger partial charge in [-0.05, 0) is 10.3 Å². The van der Waals surface area contributed by atoms with Crippen LogP contribution in [0.5, 0.6) is 0 Å². The Balaban J connectivity index is 3.07. The van der Waals surface area contributed by atoms with Crippen molar-refractivity contribution in [2.45, 2.75) is 6.92 Å². The lowest BCUT2D eigenvalue weighted by atomic mass is 10.4. The molecular formula is C5H5ClN4O3. The molecule has 8 heteroatoms. The first-order valence-electron chi connectivity index (χ1n) is 3.13. The highest BCUT2D eigenvalue weighted by atomic mass is 35.5. The van der Waals surface area contributed by atoms with Crippen LogP contribution in [0.4, 0.5) is 5.82 Å². The molecule has 2 amide bonds. The van der Waals surface area contributed by atoms with E-state index in [4.69, 9.17) is 17.5 Å². The van der Waals surface area contributed by atoms with E-state index >= 15 is 0 Å². The van der Waals surface area contributed by atoms with Gasteiger partial charge in [0.25, 0.3) is 5.91 Å². The summed E-state index contributed by atoms with van der Waals surface area (Å²) in [7, 11) is 0. The van der Waals surface area contributed by atoms with Crippen LogP contribution in [0.25, 0.3) is 0 Å². The van der Waals surface area contributed by atoms with Gasteiger partial charge in [-0.1, -0.05) is 0 Å². The lowest BCUT2D eigenvalue weighted by molar-refractivity contribution is -0.115. The first kappa shape index (κ1) is 9.46. The van der Waals surface area contributed by atoms with Crippen LogP contribution in [0.3, 0.4) is 0 Å². The van der Waals surface area contributed by atoms with Crippen molar-refractivity contribution < 1.29 is 14.2 Å². The van der Waals surface area contributed by atoms with Crippen LogP contribution >= 0.6 is 11.8 Å². The van der Waals surface area contributed by atoms with Gasteiger partial charge in [0.05, 0.1) is 0 Å². The van der Waals surface area contributed by atoms with Crippen molar-refractivity contribution in [1.29, 1.82) is 0 Å². The summed E-state index contributed by atoms with van der Waals surface area (Å²) in [6.45, 7) is 1.19. The fraction of sp³-hybridized carbons (Fsp3) is 0.200. The number of primary amides is 1. The van der Waals surface area contributed by atoms with E-state index in [2.05, 4.69) is 14.9 Å². The Morgan fingerprint density at radius 2 is 2.15 bits per heavy atom. The van der Waals surface area contributed by atoms with Gasteiger partial charge in [0.1, 0.15) is 0 Å². The lowest BCUT2D eigenvalue weighted by Gasteiger charge is -2.05. The Kier molecular flexibility index (Phi) is 2.47. The van der Waals surface area contributed by atoms with Crippen molar-refractivity contribution in [3.8, 4) is 0 Å². The fourth-order valence-corrected chi connectivity index (χ4v) is 0.728. The number of carbonyl (C=O) groups is 2. The van der Waals surface area contributed by atoms with E-state index in [1.165, 1.54) is 6.92 Å². The molecule has 0 atom stereocenters. The Morgan fingerprint density at radius 3 is 2.62 bits per heavy atom. The van der Waals surface area contributed by atoms with E-state index in [9.17, 15) is 9.59 Å². The molecule has 0 aromatic carbocycles. The van der Waals surface area contributed by atoms with Crippen molar-refractivity contribution in [3.63, 3.8) is 0 Å². The summed E-state index contributed by atoms with van der Waals surface area (Å²) in [5.74, 6) is -1.61. The van der Waals surface area contributed by atoms with Crippen LogP contribution in [0, 0.1) is 0 Å². The van der Waals surface area contributed by atoms with Crippen molar-refractivity contribution in [2.24, 2.45) is 5.73 Å². The zero-order chi connectivity index (χ0) is 10.0. The molecule has 0 aliphatic heterocycles. The van der Waals surface area contributed by atoms with Gasteiger partial charge in [0.15, 0.2) is 0 Å². The van der Waals surface area contributed by atoms with Crippen molar-refractivity contribution in [3.05, 3.63) is 5.69 Å². The maximum Gasteiger partial charge on any atom is 0.274 e. The van der Waals surface area contributed by atoms with Crippen molar-refractivity contribution in [2.75, 3.05) is 4.42 Å². The third-order valence-corrected chi connectivity index (χ3v) is 1.57. The monoisotopic (exact) mass is 204 g/mol. The normalized spacial score (nSPS) is 9.69. The van der Waals surface area contributed by atoms with E-state index in [1.54, 1.807) is 0 Å². The Labute approximate surface area is 77.5 Å². The van der Waals surface area contributed by atoms with Gasteiger partial charge in [0.2, 0.25) is 17.4 Å². The summed E-state index contributed by atoms with van der Waals surface area (Å²) in [6, 6.07) is 0. The van der Waals surface area contributed by atoms with Gasteiger partial charge in [-0.2, -0.15) is 4.42 Å². The number of rotatable bonds is 2. The highest BCUT2D eigenvalue weighted by molar-refractivity contribution is 6.36. The van der Waals surface area contributed by atoms with Gasteiger partial charge >= 0.3 is 0 Å². The number of hydrogen-bond acceptors (Lipinski definition) is 5. The largest absolute Gasteiger partial charge is 0.364 e. The van der Waals surface area contributed by atoms with Gasteiger partial charge < -0.3 is 5.73 Å². The third-order valence-electron chi connectivity index (χ3n) is 1.17. The number of carbonyl (C=O) groups excluding carboxylic acids is 2. The van der Waals surface area contributed by atoms with Crippen LogP contribution in [-0.4, -0.2) is 22.1 Å². The molecule has 70 valence electrons. The molecule has 0 saturated heterocycles. The maximum atomic E-state index is 10.7. The van der Waals surface area contributed by atoms with Crippen molar-refractivity contribution in [1.82, 2.24) is 10.3 Å². The second kappa shape index (κ2) is 3.40. The first-order chi connectivity index (χ1) is 6.04. The predicted molar refractivity (Wildman–Crippen MR) is 41.8 cm³/mol. The second-order valence-corrected chi connectivity index (χ2v) is 2.44. The highest BCUT2D eigenvalue weighted by Crippen LogP contribution is 2.17. The van der Waals surface area contributed by atoms with Crippen LogP contribution in [0.15, 0.2) is 4.63 Å². The number of aromatic nitrogens is 2. The van der Waals surface area contributed by atoms with E-state index in [0.717, 1.165) is 0 Å². The highest BCUT2D eigenvalue weighted by Gasteiger charge is 2.22. The maximum absolute atomic E-state index is 10.7. The molecule has 1 aromatic rings. The molecule has 1 aromatic heterocycles. The molecule has 7 nitrogen and oxygen atoms in total. The molecule has 1 rings (SSSR count). The standard InChI is InChI=1S/C5H5ClN4O3/c1-2(11)10(6)5-3(4(7)12)8-13-9-5/h1H3,(H2,7,12). The molecule has 0 saturated carbocycles. The summed E-state index contributed by atoms with van der Waals surface area (Å²) >= 11 is 5.45. The number of hydrogen-bond donors (Lipinski definition) is 1. The van der Waals surface area contributed by atoms with Crippen molar-refractivity contribution >= 4 is 29.4 Å². The van der Waals surface area contributed by atoms with Gasteiger partial charge in [-0.15, -0.1) is 0 Å². The number of nitrogens with two attached hydrogens (primary N) is 1. The zero-order valence-electron chi connectivity index (χ0n) is 6.52. The first-order valence-corrected chi connectivity index (χ1v) is 3.46. The van der Waals surface area contributed by atoms with Crippen LogP contribution in [0.1, 0.15) is 17.4 Å². The van der Waals surface area contributed by atoms with Crippen LogP contribution in [-0.2, 0) is 4.79 Å². The molecular weight excluding hydrogens is 200 g/mol. The molecule has 0 unspecified atom stereocenters. The molecule has 13 heavy (non-hydrogen) atoms. The minimum absolute atomic E-state index is 0.207. The van der Waals surface area contributed by atoms with E-state index < -0.39 is 11.8 Å². The predicted octanol–water partition coefficient (Wildman–Crippen LogP) is -0.325. The number of amides is 2. The topological polar surface area (TPSA) is 102 Å². The van der Waals surface area contributed by atoms with Gasteiger partial charge in [-0.3, -0.25) is 9.59 Å². The molecule has 1 heterocycles. The Hall–Kier alpha value is -1.63. The molecule has 0 radical (unpaired) electrons. The summed E-state index contributed by atoms with van der Waals surface area (Å²) < 4.78 is 4.79. The number of nitrogens with zero attached hydrogens (tertiary/aromatic N) is 3. The summed E-state index contributed by atoms with van der Waals surface area (Å²) in [5, 5.41) is 6.42. The third kappa shape index (κ3) is 1.75. The second-order valence-electron chi connectivity index (χ2n) is 2.10. The molecule has 0 aliphatic rings. The summed E-state index contributed by atoms with van der Waals surface area (Å²) in [5.41, 5.74) is 4.61. The lowest BCUT2D eigenvalue weighted by Crippen LogP contribution is -2.21. The zero-order valence-corrected chi connectivity index (χ0v) is 7.28. The average molecular weight is 205 g/mol. The molecule has 2 N–H and O–H groups in total. The minimum atomic E-state index is -0.872.